The van der Waals surface area contributed by atoms with Crippen molar-refractivity contribution in [1.29, 1.82) is 0 Å². The molecule has 0 spiro atoms. The van der Waals surface area contributed by atoms with Gasteiger partial charge in [-0.3, -0.25) is 19.9 Å². The standard InChI is InChI=1S/C19H27ClN4O4/c1-4-21-19(27)22-17(25)13(2)23-9-11-24(12-10-23)16(18(26)28-3)14-7-5-6-8-15(14)20/h5-8,13,16H,4,9-12H2,1-3H3,(H2,21,22,25,27). The van der Waals surface area contributed by atoms with E-state index in [9.17, 15) is 14.4 Å². The van der Waals surface area contributed by atoms with Crippen LogP contribution in [-0.2, 0) is 14.3 Å². The maximum atomic E-state index is 12.4. The van der Waals surface area contributed by atoms with E-state index in [0.717, 1.165) is 0 Å². The van der Waals surface area contributed by atoms with Crippen LogP contribution in [-0.4, -0.2) is 73.6 Å². The first-order chi connectivity index (χ1) is 13.4. The van der Waals surface area contributed by atoms with Gasteiger partial charge in [0.25, 0.3) is 0 Å². The Morgan fingerprint density at radius 3 is 2.32 bits per heavy atom. The molecule has 1 aromatic carbocycles. The summed E-state index contributed by atoms with van der Waals surface area (Å²) in [5, 5.41) is 5.38. The van der Waals surface area contributed by atoms with Gasteiger partial charge < -0.3 is 10.1 Å². The summed E-state index contributed by atoms with van der Waals surface area (Å²) in [4.78, 5) is 40.2. The molecular weight excluding hydrogens is 384 g/mol. The molecule has 1 aromatic rings. The van der Waals surface area contributed by atoms with Crippen molar-refractivity contribution < 1.29 is 19.1 Å². The molecule has 3 amide bonds. The lowest BCUT2D eigenvalue weighted by molar-refractivity contribution is -0.148. The van der Waals surface area contributed by atoms with Crippen LogP contribution in [0, 0.1) is 0 Å². The third kappa shape index (κ3) is 5.43. The van der Waals surface area contributed by atoms with Gasteiger partial charge in [0.2, 0.25) is 5.91 Å². The van der Waals surface area contributed by atoms with E-state index in [4.69, 9.17) is 16.3 Å². The zero-order chi connectivity index (χ0) is 20.7. The summed E-state index contributed by atoms with van der Waals surface area (Å²) < 4.78 is 4.99. The minimum absolute atomic E-state index is 0.352. The predicted octanol–water partition coefficient (Wildman–Crippen LogP) is 1.41. The normalized spacial score (nSPS) is 17.4. The fraction of sp³-hybridized carbons (Fsp3) is 0.526. The summed E-state index contributed by atoms with van der Waals surface area (Å²) in [5.41, 5.74) is 0.700. The van der Waals surface area contributed by atoms with Gasteiger partial charge in [-0.25, -0.2) is 9.59 Å². The second-order valence-corrected chi connectivity index (χ2v) is 6.95. The maximum absolute atomic E-state index is 12.4. The van der Waals surface area contributed by atoms with E-state index >= 15 is 0 Å². The number of carbonyl (C=O) groups excluding carboxylic acids is 3. The Morgan fingerprint density at radius 2 is 1.75 bits per heavy atom. The fourth-order valence-corrected chi connectivity index (χ4v) is 3.49. The Morgan fingerprint density at radius 1 is 1.14 bits per heavy atom. The van der Waals surface area contributed by atoms with Crippen molar-refractivity contribution in [2.24, 2.45) is 0 Å². The summed E-state index contributed by atoms with van der Waals surface area (Å²) >= 11 is 6.30. The molecule has 0 radical (unpaired) electrons. The van der Waals surface area contributed by atoms with Gasteiger partial charge in [-0.05, 0) is 25.5 Å². The zero-order valence-electron chi connectivity index (χ0n) is 16.4. The van der Waals surface area contributed by atoms with Crippen molar-refractivity contribution in [3.8, 4) is 0 Å². The molecule has 0 saturated carbocycles. The number of halogens is 1. The number of urea groups is 1. The van der Waals surface area contributed by atoms with Gasteiger partial charge in [-0.2, -0.15) is 0 Å². The topological polar surface area (TPSA) is 91.0 Å². The molecule has 1 heterocycles. The molecule has 0 aliphatic carbocycles. The van der Waals surface area contributed by atoms with Gasteiger partial charge in [0.1, 0.15) is 6.04 Å². The van der Waals surface area contributed by atoms with Gasteiger partial charge in [0.05, 0.1) is 13.2 Å². The molecule has 0 bridgehead atoms. The van der Waals surface area contributed by atoms with Crippen LogP contribution < -0.4 is 10.6 Å². The average molecular weight is 411 g/mol. The van der Waals surface area contributed by atoms with E-state index in [1.807, 2.05) is 28.0 Å². The highest BCUT2D eigenvalue weighted by atomic mass is 35.5. The molecule has 9 heteroatoms. The van der Waals surface area contributed by atoms with Crippen LogP contribution in [0.1, 0.15) is 25.5 Å². The molecule has 28 heavy (non-hydrogen) atoms. The zero-order valence-corrected chi connectivity index (χ0v) is 17.2. The van der Waals surface area contributed by atoms with Crippen molar-refractivity contribution in [1.82, 2.24) is 20.4 Å². The van der Waals surface area contributed by atoms with E-state index < -0.39 is 18.1 Å². The Labute approximate surface area is 170 Å². The second kappa shape index (κ2) is 10.4. The molecule has 0 aromatic heterocycles. The number of imide groups is 1. The van der Waals surface area contributed by atoms with Gasteiger partial charge in [0, 0.05) is 37.7 Å². The fourth-order valence-electron chi connectivity index (χ4n) is 3.25. The van der Waals surface area contributed by atoms with E-state index in [2.05, 4.69) is 10.6 Å². The number of hydrogen-bond donors (Lipinski definition) is 2. The highest BCUT2D eigenvalue weighted by molar-refractivity contribution is 6.31. The summed E-state index contributed by atoms with van der Waals surface area (Å²) in [6.07, 6.45) is 0. The number of methoxy groups -OCH3 is 1. The number of hydrogen-bond acceptors (Lipinski definition) is 6. The van der Waals surface area contributed by atoms with Gasteiger partial charge in [0.15, 0.2) is 0 Å². The number of benzene rings is 1. The first-order valence-electron chi connectivity index (χ1n) is 9.28. The number of amides is 3. The monoisotopic (exact) mass is 410 g/mol. The minimum atomic E-state index is -0.597. The molecule has 2 atom stereocenters. The number of esters is 1. The largest absolute Gasteiger partial charge is 0.468 e. The van der Waals surface area contributed by atoms with Crippen LogP contribution in [0.4, 0.5) is 4.79 Å². The predicted molar refractivity (Wildman–Crippen MR) is 106 cm³/mol. The quantitative estimate of drug-likeness (QED) is 0.689. The SMILES string of the molecule is CCNC(=O)NC(=O)C(C)N1CCN(C(C(=O)OC)c2ccccc2Cl)CC1. The van der Waals surface area contributed by atoms with Gasteiger partial charge in [-0.1, -0.05) is 29.8 Å². The number of rotatable bonds is 6. The van der Waals surface area contributed by atoms with E-state index in [1.54, 1.807) is 19.9 Å². The van der Waals surface area contributed by atoms with Crippen LogP contribution in [0.5, 0.6) is 0 Å². The van der Waals surface area contributed by atoms with Crippen molar-refractivity contribution in [3.63, 3.8) is 0 Å². The number of nitrogens with one attached hydrogen (secondary N) is 2. The van der Waals surface area contributed by atoms with Crippen molar-refractivity contribution >= 4 is 29.5 Å². The number of nitrogens with zero attached hydrogens (tertiary/aromatic N) is 2. The first-order valence-corrected chi connectivity index (χ1v) is 9.65. The molecule has 1 aliphatic heterocycles. The number of carbonyl (C=O) groups is 3. The number of piperazine rings is 1. The Hall–Kier alpha value is -2.16. The van der Waals surface area contributed by atoms with Gasteiger partial charge in [-0.15, -0.1) is 0 Å². The lowest BCUT2D eigenvalue weighted by Crippen LogP contribution is -2.56. The summed E-state index contributed by atoms with van der Waals surface area (Å²) in [6, 6.07) is 5.66. The van der Waals surface area contributed by atoms with Crippen molar-refractivity contribution in [3.05, 3.63) is 34.9 Å². The Kier molecular flexibility index (Phi) is 8.22. The lowest BCUT2D eigenvalue weighted by Gasteiger charge is -2.40. The molecule has 8 nitrogen and oxygen atoms in total. The number of ether oxygens (including phenoxy) is 1. The minimum Gasteiger partial charge on any atom is -0.468 e. The summed E-state index contributed by atoms with van der Waals surface area (Å²) in [7, 11) is 1.36. The molecule has 1 aliphatic rings. The maximum Gasteiger partial charge on any atom is 0.327 e. The van der Waals surface area contributed by atoms with Crippen molar-refractivity contribution in [2.75, 3.05) is 39.8 Å². The molecular formula is C19H27ClN4O4. The summed E-state index contributed by atoms with van der Waals surface area (Å²) in [6.45, 7) is 6.25. The molecule has 2 rings (SSSR count). The van der Waals surface area contributed by atoms with Crippen molar-refractivity contribution in [2.45, 2.75) is 25.9 Å². The van der Waals surface area contributed by atoms with Crippen LogP contribution in [0.25, 0.3) is 0 Å². The van der Waals surface area contributed by atoms with E-state index in [1.165, 1.54) is 7.11 Å². The molecule has 2 N–H and O–H groups in total. The molecule has 1 saturated heterocycles. The van der Waals surface area contributed by atoms with Crippen LogP contribution in [0.15, 0.2) is 24.3 Å². The van der Waals surface area contributed by atoms with Crippen LogP contribution in [0.2, 0.25) is 5.02 Å². The van der Waals surface area contributed by atoms with Gasteiger partial charge >= 0.3 is 12.0 Å². The average Bonchev–Trinajstić information content (AvgIpc) is 2.69. The Balaban J connectivity index is 2.02. The Bertz CT molecular complexity index is 707. The van der Waals surface area contributed by atoms with Crippen LogP contribution >= 0.6 is 11.6 Å². The second-order valence-electron chi connectivity index (χ2n) is 6.54. The summed E-state index contributed by atoms with van der Waals surface area (Å²) in [5.74, 6) is -0.724. The molecule has 1 fully saturated rings. The third-order valence-corrected chi connectivity index (χ3v) is 5.18. The smallest absolute Gasteiger partial charge is 0.327 e. The van der Waals surface area contributed by atoms with E-state index in [0.29, 0.717) is 43.3 Å². The highest BCUT2D eigenvalue weighted by Gasteiger charge is 2.34. The lowest BCUT2D eigenvalue weighted by atomic mass is 10.0. The molecule has 154 valence electrons. The van der Waals surface area contributed by atoms with E-state index in [-0.39, 0.29) is 11.9 Å². The highest BCUT2D eigenvalue weighted by Crippen LogP contribution is 2.29. The molecule has 2 unspecified atom stereocenters. The third-order valence-electron chi connectivity index (χ3n) is 4.84. The first kappa shape index (κ1) is 22.1. The van der Waals surface area contributed by atoms with Crippen LogP contribution in [0.3, 0.4) is 0 Å².